The van der Waals surface area contributed by atoms with Gasteiger partial charge in [0.25, 0.3) is 23.6 Å². The average Bonchev–Trinajstić information content (AvgIpc) is 1.66. The van der Waals surface area contributed by atoms with Gasteiger partial charge < -0.3 is 55.9 Å². The summed E-state index contributed by atoms with van der Waals surface area (Å²) in [5, 5.41) is 63.8. The number of pyridine rings is 2. The third-order valence-electron chi connectivity index (χ3n) is 23.0. The highest BCUT2D eigenvalue weighted by molar-refractivity contribution is 6.30. The van der Waals surface area contributed by atoms with E-state index in [1.54, 1.807) is 116 Å². The number of halogens is 10. The van der Waals surface area contributed by atoms with Gasteiger partial charge in [-0.3, -0.25) is 53.8 Å². The van der Waals surface area contributed by atoms with Gasteiger partial charge >= 0.3 is 0 Å². The number of hydrogen-bond donors (Lipinski definition) is 8. The van der Waals surface area contributed by atoms with Crippen LogP contribution >= 0.6 is 11.6 Å². The van der Waals surface area contributed by atoms with Gasteiger partial charge in [0.1, 0.15) is 70.5 Å². The first-order chi connectivity index (χ1) is 67.1. The summed E-state index contributed by atoms with van der Waals surface area (Å²) in [5.74, 6) is -8.05. The monoisotopic (exact) mass is 1920 g/mol. The topological polar surface area (TPSA) is 349 Å². The van der Waals surface area contributed by atoms with Crippen molar-refractivity contribution in [3.8, 4) is 0 Å². The normalized spacial score (nSPS) is 14.9. The van der Waals surface area contributed by atoms with Crippen LogP contribution in [0.4, 0.5) is 39.5 Å². The first-order valence-corrected chi connectivity index (χ1v) is 44.0. The molecule has 4 amide bonds. The van der Waals surface area contributed by atoms with Gasteiger partial charge in [-0.05, 0) is 187 Å². The van der Waals surface area contributed by atoms with E-state index in [4.69, 9.17) is 25.8 Å². The largest absolute Gasteiger partial charge is 0.394 e. The average molecular weight is 1930 g/mol. The fraction of sp³-hybridized carbons (Fsp3) is 0.233. The Balaban J connectivity index is 0.000000156. The van der Waals surface area contributed by atoms with Crippen LogP contribution in [0.1, 0.15) is 111 Å². The van der Waals surface area contributed by atoms with Crippen LogP contribution in [0, 0.1) is 40.7 Å². The molecule has 718 valence electrons. The van der Waals surface area contributed by atoms with Gasteiger partial charge in [-0.1, -0.05) is 96.5 Å². The summed E-state index contributed by atoms with van der Waals surface area (Å²) in [6, 6.07) is 49.7. The number of aliphatic hydroxyl groups excluding tert-OH is 3. The SMILES string of the molecule is CC(C)(O)[C@@H](Cc1ccccn1)NC(=O)c1cccc(F)c1C1=NCC(c2ccc(F)cc2)=C1F.CO[C@H](CO)[C@@H](Cc1ccccn1)NC(=O)c1cccc(F)c1C1=NCC(c2ccc(Cl)cc2)=C1.CO[C@H](CO)[C@@H](Cn1cccn1)NC(=O)c1cccc(F)c1C1=NCC(c2ccc(F)cc2)=C1F.CO[C@H](CO)[C@@H](Cn1nccn1)NC(=O)c1cccc(F)c1C1=NCC(c2ccc(F)cc2)=C1. The van der Waals surface area contributed by atoms with E-state index >= 15 is 13.2 Å². The standard InChI is InChI=1S/C27H25ClFN3O3.C27H24F3N3O2.C25H23F3N4O3.C24H23F2N5O3/c1-35-25(16-33)23(14-20-5-2-3-12-30-20)32-27(34)21-6-4-7-22(29)26(21)24-13-18(15-31-24)17-8-10-19(28)11-9-17;1-27(2,35)22(14-18-6-3-4-13-31-18)33-26(34)19-7-5-8-21(29)23(19)25-24(30)20(15-32-25)16-9-11-17(28)12-10-16;1-35-21(14-33)20(13-32-11-3-10-30-32)31-25(34)17-4-2-5-19(27)22(17)24-23(28)18(12-29-24)15-6-8-16(26)9-7-15;1-34-22(14-32)21(13-31-28-9-10-29-31)30-24(33)18-3-2-4-19(26)23(18)20-11-16(12-27-20)15-5-7-17(25)8-6-15/h2-13,23,25,33H,14-16H2,1H3,(H,32,34);3-13,22,35H,14-15H2,1-2H3,(H,33,34);2-11,20-21,33H,12-14H2,1H3,(H,31,34);2-11,21-22,32H,12-14H2,1H3,(H,30,33)/t23-,25-;22-;20-,21-;21-,22-/m1111/s1. The molecule has 7 atom stereocenters. The Bertz CT molecular complexity index is 6580. The maximum Gasteiger partial charge on any atom is 0.252 e. The van der Waals surface area contributed by atoms with Gasteiger partial charge in [0.05, 0.1) is 146 Å². The molecule has 0 radical (unpaired) electrons. The lowest BCUT2D eigenvalue weighted by Gasteiger charge is -2.30. The molecule has 139 heavy (non-hydrogen) atoms. The highest BCUT2D eigenvalue weighted by Gasteiger charge is 2.37. The number of hydrogen-bond acceptors (Lipinski definition) is 20. The number of benzene rings is 8. The molecule has 0 aliphatic carbocycles. The molecule has 0 unspecified atom stereocenters. The number of aliphatic hydroxyl groups is 4. The van der Waals surface area contributed by atoms with E-state index in [9.17, 15) is 65.9 Å². The third kappa shape index (κ3) is 25.8. The highest BCUT2D eigenvalue weighted by atomic mass is 35.5. The zero-order valence-corrected chi connectivity index (χ0v) is 76.2. The summed E-state index contributed by atoms with van der Waals surface area (Å²) in [7, 11) is 4.27. The third-order valence-corrected chi connectivity index (χ3v) is 23.2. The Kier molecular flexibility index (Phi) is 35.0. The van der Waals surface area contributed by atoms with Crippen LogP contribution < -0.4 is 21.3 Å². The van der Waals surface area contributed by atoms with Crippen molar-refractivity contribution in [3.05, 3.63) is 397 Å². The molecule has 12 aromatic rings. The molecule has 16 rings (SSSR count). The first-order valence-electron chi connectivity index (χ1n) is 43.6. The van der Waals surface area contributed by atoms with E-state index in [-0.39, 0.29) is 132 Å². The van der Waals surface area contributed by atoms with E-state index in [1.807, 2.05) is 24.3 Å². The Morgan fingerprint density at radius 3 is 1.17 bits per heavy atom. The van der Waals surface area contributed by atoms with Gasteiger partial charge in [0.15, 0.2) is 11.7 Å². The summed E-state index contributed by atoms with van der Waals surface area (Å²) >= 11 is 5.98. The summed E-state index contributed by atoms with van der Waals surface area (Å²) in [6.07, 6.45) is 11.4. The zero-order valence-electron chi connectivity index (χ0n) is 75.5. The van der Waals surface area contributed by atoms with Gasteiger partial charge in [-0.25, -0.2) is 39.5 Å². The van der Waals surface area contributed by atoms with E-state index in [2.05, 4.69) is 66.5 Å². The predicted octanol–water partition coefficient (Wildman–Crippen LogP) is 14.2. The van der Waals surface area contributed by atoms with Crippen molar-refractivity contribution in [2.45, 2.75) is 87.9 Å². The number of allylic oxidation sites excluding steroid dienone is 4. The van der Waals surface area contributed by atoms with E-state index < -0.39 is 118 Å². The molecule has 0 saturated carbocycles. The van der Waals surface area contributed by atoms with Crippen LogP contribution in [0.3, 0.4) is 0 Å². The number of amides is 4. The lowest BCUT2D eigenvalue weighted by atomic mass is 9.93. The lowest BCUT2D eigenvalue weighted by Crippen LogP contribution is -2.51. The van der Waals surface area contributed by atoms with Crippen LogP contribution in [-0.4, -0.2) is 217 Å². The molecule has 0 bridgehead atoms. The first kappa shape index (κ1) is 102. The quantitative estimate of drug-likeness (QED) is 0.0174. The molecule has 0 spiro atoms. The van der Waals surface area contributed by atoms with Crippen molar-refractivity contribution >= 4 is 80.4 Å². The number of carbonyl (C=O) groups is 4. The molecule has 36 heteroatoms. The molecule has 4 aliphatic rings. The van der Waals surface area contributed by atoms with E-state index in [0.717, 1.165) is 40.1 Å². The maximum atomic E-state index is 15.4. The van der Waals surface area contributed by atoms with Crippen molar-refractivity contribution < 1.29 is 93.3 Å². The Labute approximate surface area is 797 Å². The van der Waals surface area contributed by atoms with Crippen molar-refractivity contribution in [3.63, 3.8) is 0 Å². The summed E-state index contributed by atoms with van der Waals surface area (Å²) in [6.45, 7) is 2.85. The molecule has 0 saturated heterocycles. The number of nitrogens with one attached hydrogen (secondary N) is 4. The van der Waals surface area contributed by atoms with E-state index in [1.165, 1.54) is 154 Å². The van der Waals surface area contributed by atoms with Gasteiger partial charge in [0, 0.05) is 97.6 Å². The maximum absolute atomic E-state index is 15.4. The molecule has 4 aliphatic heterocycles. The van der Waals surface area contributed by atoms with Crippen LogP contribution in [0.2, 0.25) is 5.02 Å². The molecular formula is C103H95ClF9N15O11. The summed E-state index contributed by atoms with van der Waals surface area (Å²) in [4.78, 5) is 80.3. The smallest absolute Gasteiger partial charge is 0.252 e. The summed E-state index contributed by atoms with van der Waals surface area (Å²) in [5.41, 5.74) is 4.38. The number of rotatable bonds is 34. The van der Waals surface area contributed by atoms with Crippen LogP contribution in [-0.2, 0) is 40.1 Å². The second-order valence-corrected chi connectivity index (χ2v) is 32.9. The number of aliphatic imine (C=N–C) groups is 4. The second kappa shape index (κ2) is 47.9. The molecule has 26 nitrogen and oxygen atoms in total. The molecule has 4 aromatic heterocycles. The van der Waals surface area contributed by atoms with Crippen LogP contribution in [0.5, 0.6) is 0 Å². The number of nitrogens with zero attached hydrogens (tertiary/aromatic N) is 11. The Morgan fingerprint density at radius 1 is 0.403 bits per heavy atom. The minimum Gasteiger partial charge on any atom is -0.394 e. The number of aromatic nitrogens is 7. The number of carbonyl (C=O) groups excluding carboxylic acids is 4. The predicted molar refractivity (Wildman–Crippen MR) is 507 cm³/mol. The highest BCUT2D eigenvalue weighted by Crippen LogP contribution is 2.36. The summed E-state index contributed by atoms with van der Waals surface area (Å²) < 4.78 is 148. The van der Waals surface area contributed by atoms with Gasteiger partial charge in [-0.2, -0.15) is 20.1 Å². The number of ether oxygens (including phenoxy) is 3. The van der Waals surface area contributed by atoms with Crippen molar-refractivity contribution in [1.82, 2.24) is 56.0 Å². The molecule has 8 heterocycles. The molecule has 8 aromatic carbocycles. The fourth-order valence-electron chi connectivity index (χ4n) is 15.6. The zero-order chi connectivity index (χ0) is 99.0. The lowest BCUT2D eigenvalue weighted by molar-refractivity contribution is 0.0156. The van der Waals surface area contributed by atoms with Crippen LogP contribution in [0.25, 0.3) is 22.3 Å². The van der Waals surface area contributed by atoms with Crippen molar-refractivity contribution in [2.75, 3.05) is 67.3 Å². The van der Waals surface area contributed by atoms with Crippen molar-refractivity contribution in [2.24, 2.45) is 20.0 Å². The number of methoxy groups -OCH3 is 3. The van der Waals surface area contributed by atoms with Gasteiger partial charge in [0.2, 0.25) is 0 Å². The molecule has 0 fully saturated rings. The van der Waals surface area contributed by atoms with Gasteiger partial charge in [-0.15, -0.1) is 0 Å². The minimum absolute atomic E-state index is 0.0611. The second-order valence-electron chi connectivity index (χ2n) is 32.5. The van der Waals surface area contributed by atoms with Crippen molar-refractivity contribution in [1.29, 1.82) is 0 Å². The Hall–Kier alpha value is -14.7. The van der Waals surface area contributed by atoms with Crippen LogP contribution in [0.15, 0.2) is 293 Å². The van der Waals surface area contributed by atoms with E-state index in [0.29, 0.717) is 46.2 Å². The fourth-order valence-corrected chi connectivity index (χ4v) is 15.7. The Morgan fingerprint density at radius 2 is 0.777 bits per heavy atom. The molecule has 8 N–H and O–H groups in total. The molecular weight excluding hydrogens is 1830 g/mol. The minimum atomic E-state index is -1.33.